The molecule has 0 saturated heterocycles. The van der Waals surface area contributed by atoms with E-state index in [4.69, 9.17) is 9.52 Å². The monoisotopic (exact) mass is 406 g/mol. The molecule has 31 heavy (non-hydrogen) atoms. The molecule has 0 spiro atoms. The lowest BCUT2D eigenvalue weighted by Gasteiger charge is -2.08. The summed E-state index contributed by atoms with van der Waals surface area (Å²) in [5, 5.41) is 7.42. The van der Waals surface area contributed by atoms with Gasteiger partial charge in [-0.15, -0.1) is 0 Å². The molecule has 0 bridgehead atoms. The third-order valence-corrected chi connectivity index (χ3v) is 5.38. The summed E-state index contributed by atoms with van der Waals surface area (Å²) in [6, 6.07) is 24.4. The van der Waals surface area contributed by atoms with Crippen LogP contribution in [0.4, 0.5) is 5.82 Å². The fourth-order valence-electron chi connectivity index (χ4n) is 3.60. The predicted octanol–water partition coefficient (Wildman–Crippen LogP) is 5.84. The first-order chi connectivity index (χ1) is 15.2. The van der Waals surface area contributed by atoms with Crippen molar-refractivity contribution in [2.75, 3.05) is 5.43 Å². The van der Waals surface area contributed by atoms with E-state index in [-0.39, 0.29) is 0 Å². The van der Waals surface area contributed by atoms with Crippen molar-refractivity contribution in [3.8, 4) is 11.3 Å². The number of aromatic nitrogens is 2. The van der Waals surface area contributed by atoms with Gasteiger partial charge in [0.25, 0.3) is 0 Å². The van der Waals surface area contributed by atoms with E-state index in [1.54, 1.807) is 6.33 Å². The zero-order chi connectivity index (χ0) is 21.2. The van der Waals surface area contributed by atoms with Crippen LogP contribution in [0.1, 0.15) is 18.1 Å². The minimum atomic E-state index is 0.670. The maximum absolute atomic E-state index is 6.24. The van der Waals surface area contributed by atoms with Gasteiger partial charge in [-0.2, -0.15) is 5.10 Å². The van der Waals surface area contributed by atoms with Gasteiger partial charge in [-0.05, 0) is 43.2 Å². The Kier molecular flexibility index (Phi) is 4.92. The van der Waals surface area contributed by atoms with E-state index in [0.717, 1.165) is 45.0 Å². The van der Waals surface area contributed by atoms with Crippen LogP contribution in [0.25, 0.3) is 33.2 Å². The van der Waals surface area contributed by atoms with Gasteiger partial charge in [0.2, 0.25) is 0 Å². The molecule has 0 saturated carbocycles. The Morgan fingerprint density at radius 2 is 1.74 bits per heavy atom. The Labute approximate surface area is 180 Å². The Bertz CT molecular complexity index is 1450. The molecule has 0 amide bonds. The molecule has 3 aromatic carbocycles. The van der Waals surface area contributed by atoms with Crippen LogP contribution in [0, 0.1) is 6.92 Å². The van der Waals surface area contributed by atoms with Gasteiger partial charge in [0.1, 0.15) is 17.7 Å². The van der Waals surface area contributed by atoms with Gasteiger partial charge in [-0.25, -0.2) is 9.97 Å². The lowest BCUT2D eigenvalue weighted by molar-refractivity contribution is 0.618. The minimum absolute atomic E-state index is 0.670. The number of anilines is 1. The molecule has 2 aromatic heterocycles. The first kappa shape index (κ1) is 19.0. The van der Waals surface area contributed by atoms with Crippen molar-refractivity contribution in [2.24, 2.45) is 5.10 Å². The average Bonchev–Trinajstić information content (AvgIpc) is 2.82. The van der Waals surface area contributed by atoms with Crippen molar-refractivity contribution in [1.29, 1.82) is 0 Å². The quantitative estimate of drug-likeness (QED) is 0.381. The Hall–Kier alpha value is -3.99. The number of hydrogen-bond donors (Lipinski definition) is 1. The highest BCUT2D eigenvalue weighted by Gasteiger charge is 2.08. The molecule has 5 heteroatoms. The number of nitrogens with one attached hydrogen (secondary N) is 1. The fraction of sp³-hybridized carbons (Fsp3) is 0.115. The molecule has 1 N–H and O–H groups in total. The lowest BCUT2D eigenvalue weighted by Crippen LogP contribution is -2.08. The van der Waals surface area contributed by atoms with Crippen molar-refractivity contribution >= 4 is 27.7 Å². The number of benzene rings is 3. The highest BCUT2D eigenvalue weighted by atomic mass is 16.3. The number of rotatable bonds is 4. The van der Waals surface area contributed by atoms with E-state index >= 15 is 0 Å². The molecular weight excluding hydrogens is 384 g/mol. The van der Waals surface area contributed by atoms with Crippen LogP contribution < -0.4 is 10.8 Å². The molecule has 152 valence electrons. The van der Waals surface area contributed by atoms with E-state index < -0.39 is 0 Å². The smallest absolute Gasteiger partial charge is 0.157 e. The third kappa shape index (κ3) is 3.78. The van der Waals surface area contributed by atoms with Crippen LogP contribution in [0.15, 0.2) is 88.6 Å². The maximum Gasteiger partial charge on any atom is 0.157 e. The summed E-state index contributed by atoms with van der Waals surface area (Å²) in [6.07, 6.45) is 2.49. The summed E-state index contributed by atoms with van der Waals surface area (Å²) in [4.78, 5) is 8.71. The zero-order valence-corrected chi connectivity index (χ0v) is 17.5. The maximum atomic E-state index is 6.24. The predicted molar refractivity (Wildman–Crippen MR) is 124 cm³/mol. The molecule has 5 aromatic rings. The highest BCUT2D eigenvalue weighted by molar-refractivity contribution is 5.88. The van der Waals surface area contributed by atoms with Crippen molar-refractivity contribution in [1.82, 2.24) is 9.97 Å². The second-order valence-electron chi connectivity index (χ2n) is 7.51. The Morgan fingerprint density at radius 3 is 2.58 bits per heavy atom. The second kappa shape index (κ2) is 8.03. The normalized spacial score (nSPS) is 11.9. The largest absolute Gasteiger partial charge is 0.456 e. The molecule has 0 aliphatic heterocycles. The SMILES string of the molecule is CCc1ccc2oc(-c3ccc(C)cc3)cc(=NNc3ncnc4ccccc34)c2c1. The van der Waals surface area contributed by atoms with Crippen molar-refractivity contribution in [2.45, 2.75) is 20.3 Å². The molecule has 5 nitrogen and oxygen atoms in total. The summed E-state index contributed by atoms with van der Waals surface area (Å²) in [6.45, 7) is 4.21. The zero-order valence-electron chi connectivity index (χ0n) is 17.5. The number of fused-ring (bicyclic) bond motifs is 2. The fourth-order valence-corrected chi connectivity index (χ4v) is 3.60. The first-order valence-corrected chi connectivity index (χ1v) is 10.3. The van der Waals surface area contributed by atoms with Gasteiger partial charge >= 0.3 is 0 Å². The molecule has 5 rings (SSSR count). The van der Waals surface area contributed by atoms with E-state index in [2.05, 4.69) is 65.6 Å². The summed E-state index contributed by atoms with van der Waals surface area (Å²) in [5.74, 6) is 1.44. The Balaban J connectivity index is 1.68. The van der Waals surface area contributed by atoms with E-state index in [0.29, 0.717) is 5.82 Å². The van der Waals surface area contributed by atoms with E-state index in [1.165, 1.54) is 11.1 Å². The van der Waals surface area contributed by atoms with Gasteiger partial charge in [-0.1, -0.05) is 55.0 Å². The van der Waals surface area contributed by atoms with Crippen molar-refractivity contribution in [3.05, 3.63) is 95.6 Å². The topological polar surface area (TPSA) is 63.3 Å². The van der Waals surface area contributed by atoms with Gasteiger partial charge in [0, 0.05) is 22.4 Å². The number of nitrogens with zero attached hydrogens (tertiary/aromatic N) is 3. The first-order valence-electron chi connectivity index (χ1n) is 10.3. The van der Waals surface area contributed by atoms with Crippen LogP contribution in [0.2, 0.25) is 0 Å². The molecule has 0 aliphatic carbocycles. The standard InChI is InChI=1S/C26H22N4O/c1-3-18-10-13-24-21(14-18)23(15-25(31-24)19-11-8-17(2)9-12-19)29-30-26-20-6-4-5-7-22(20)27-16-28-26/h4-16H,3H2,1-2H3,(H,27,28,30). The number of aryl methyl sites for hydroxylation is 2. The number of para-hydroxylation sites is 1. The van der Waals surface area contributed by atoms with Crippen LogP contribution in [-0.2, 0) is 6.42 Å². The van der Waals surface area contributed by atoms with Crippen LogP contribution >= 0.6 is 0 Å². The summed E-state index contributed by atoms with van der Waals surface area (Å²) in [7, 11) is 0. The van der Waals surface area contributed by atoms with E-state index in [1.807, 2.05) is 36.4 Å². The third-order valence-electron chi connectivity index (χ3n) is 5.38. The molecule has 0 unspecified atom stereocenters. The van der Waals surface area contributed by atoms with Crippen LogP contribution in [0.5, 0.6) is 0 Å². The summed E-state index contributed by atoms with van der Waals surface area (Å²) in [5.41, 5.74) is 8.27. The summed E-state index contributed by atoms with van der Waals surface area (Å²) >= 11 is 0. The molecule has 0 fully saturated rings. The Morgan fingerprint density at radius 1 is 0.903 bits per heavy atom. The summed E-state index contributed by atoms with van der Waals surface area (Å²) < 4.78 is 6.24. The molecule has 0 radical (unpaired) electrons. The average molecular weight is 406 g/mol. The van der Waals surface area contributed by atoms with Gasteiger partial charge in [0.15, 0.2) is 5.82 Å². The molecule has 0 aliphatic rings. The van der Waals surface area contributed by atoms with Gasteiger partial charge < -0.3 is 4.42 Å². The van der Waals surface area contributed by atoms with E-state index in [9.17, 15) is 0 Å². The van der Waals surface area contributed by atoms with Gasteiger partial charge in [0.05, 0.1) is 10.9 Å². The number of hydrogen-bond acceptors (Lipinski definition) is 5. The molecule has 2 heterocycles. The van der Waals surface area contributed by atoms with Crippen LogP contribution in [-0.4, -0.2) is 9.97 Å². The van der Waals surface area contributed by atoms with Crippen molar-refractivity contribution in [3.63, 3.8) is 0 Å². The lowest BCUT2D eigenvalue weighted by atomic mass is 10.1. The highest BCUT2D eigenvalue weighted by Crippen LogP contribution is 2.24. The molecular formula is C26H22N4O. The minimum Gasteiger partial charge on any atom is -0.456 e. The second-order valence-corrected chi connectivity index (χ2v) is 7.51. The molecule has 0 atom stereocenters. The van der Waals surface area contributed by atoms with Crippen molar-refractivity contribution < 1.29 is 4.42 Å². The van der Waals surface area contributed by atoms with Gasteiger partial charge in [-0.3, -0.25) is 5.43 Å². The van der Waals surface area contributed by atoms with Crippen LogP contribution in [0.3, 0.4) is 0 Å².